The third-order valence-electron chi connectivity index (χ3n) is 2.75. The monoisotopic (exact) mass is 302 g/mol. The highest BCUT2D eigenvalue weighted by Gasteiger charge is 2.26. The van der Waals surface area contributed by atoms with Gasteiger partial charge >= 0.3 is 0 Å². The van der Waals surface area contributed by atoms with Crippen molar-refractivity contribution < 1.29 is 9.84 Å². The topological polar surface area (TPSA) is 29.5 Å². The molecule has 4 heteroatoms. The Kier molecular flexibility index (Phi) is 4.16. The van der Waals surface area contributed by atoms with E-state index in [1.165, 1.54) is 0 Å². The Morgan fingerprint density at radius 1 is 1.56 bits per heavy atom. The van der Waals surface area contributed by atoms with Gasteiger partial charge in [0.05, 0.1) is 6.10 Å². The summed E-state index contributed by atoms with van der Waals surface area (Å²) in [6.45, 7) is 0. The van der Waals surface area contributed by atoms with E-state index < -0.39 is 6.10 Å². The van der Waals surface area contributed by atoms with Crippen molar-refractivity contribution >= 4 is 27.7 Å². The highest BCUT2D eigenvalue weighted by atomic mass is 79.9. The lowest BCUT2D eigenvalue weighted by Gasteiger charge is -2.29. The molecular formula is C12H15BrO2S. The molecule has 0 saturated carbocycles. The van der Waals surface area contributed by atoms with Crippen molar-refractivity contribution in [3.8, 4) is 5.75 Å². The molecule has 0 fully saturated rings. The van der Waals surface area contributed by atoms with Crippen LogP contribution in [0.1, 0.15) is 24.5 Å². The highest BCUT2D eigenvalue weighted by molar-refractivity contribution is 9.10. The molecule has 1 aromatic rings. The predicted molar refractivity (Wildman–Crippen MR) is 71.1 cm³/mol. The molecule has 1 N–H and O–H groups in total. The molecule has 2 nitrogen and oxygen atoms in total. The van der Waals surface area contributed by atoms with Crippen molar-refractivity contribution in [1.82, 2.24) is 0 Å². The molecule has 0 radical (unpaired) electrons. The molecule has 88 valence electrons. The summed E-state index contributed by atoms with van der Waals surface area (Å²) < 4.78 is 6.85. The van der Waals surface area contributed by atoms with Crippen LogP contribution in [0.15, 0.2) is 22.7 Å². The van der Waals surface area contributed by atoms with Gasteiger partial charge in [0.25, 0.3) is 0 Å². The molecule has 0 saturated heterocycles. The maximum atomic E-state index is 10.0. The number of fused-ring (bicyclic) bond motifs is 1. The fourth-order valence-electron chi connectivity index (χ4n) is 1.92. The Morgan fingerprint density at radius 2 is 2.38 bits per heavy atom. The van der Waals surface area contributed by atoms with E-state index in [0.29, 0.717) is 6.42 Å². The van der Waals surface area contributed by atoms with Crippen LogP contribution in [-0.4, -0.2) is 23.2 Å². The quantitative estimate of drug-likeness (QED) is 0.928. The summed E-state index contributed by atoms with van der Waals surface area (Å²) in [5.74, 6) is 1.90. The standard InChI is InChI=1S/C12H15BrO2S/c1-16-5-4-9-7-11(14)10-6-8(13)2-3-12(10)15-9/h2-3,6,9,11,14H,4-5,7H2,1H3/t9?,11-/m0/s1. The van der Waals surface area contributed by atoms with Gasteiger partial charge in [-0.2, -0.15) is 11.8 Å². The molecule has 0 spiro atoms. The minimum absolute atomic E-state index is 0.149. The van der Waals surface area contributed by atoms with Crippen LogP contribution in [0.25, 0.3) is 0 Å². The lowest BCUT2D eigenvalue weighted by Crippen LogP contribution is -2.26. The first-order chi connectivity index (χ1) is 7.70. The molecule has 1 aliphatic rings. The molecule has 1 unspecified atom stereocenters. The number of halogens is 1. The lowest BCUT2D eigenvalue weighted by molar-refractivity contribution is 0.0648. The first kappa shape index (κ1) is 12.3. The van der Waals surface area contributed by atoms with E-state index in [2.05, 4.69) is 22.2 Å². The molecule has 0 amide bonds. The average molecular weight is 303 g/mol. The second kappa shape index (κ2) is 5.43. The van der Waals surface area contributed by atoms with Gasteiger partial charge in [-0.25, -0.2) is 0 Å². The molecule has 2 rings (SSSR count). The summed E-state index contributed by atoms with van der Waals surface area (Å²) >= 11 is 5.22. The summed E-state index contributed by atoms with van der Waals surface area (Å²) in [5, 5.41) is 10.0. The maximum Gasteiger partial charge on any atom is 0.125 e. The van der Waals surface area contributed by atoms with Gasteiger partial charge < -0.3 is 9.84 Å². The van der Waals surface area contributed by atoms with Crippen LogP contribution in [-0.2, 0) is 0 Å². The number of hydrogen-bond donors (Lipinski definition) is 1. The summed E-state index contributed by atoms with van der Waals surface area (Å²) in [6.07, 6.45) is 3.53. The van der Waals surface area contributed by atoms with Crippen LogP contribution < -0.4 is 4.74 Å². The zero-order chi connectivity index (χ0) is 11.5. The van der Waals surface area contributed by atoms with Gasteiger partial charge in [-0.15, -0.1) is 0 Å². The second-order valence-electron chi connectivity index (χ2n) is 3.95. The fraction of sp³-hybridized carbons (Fsp3) is 0.500. The van der Waals surface area contributed by atoms with Gasteiger partial charge in [0.1, 0.15) is 11.9 Å². The molecule has 1 aliphatic heterocycles. The Hall–Kier alpha value is -0.190. The van der Waals surface area contributed by atoms with Gasteiger partial charge in [-0.3, -0.25) is 0 Å². The summed E-state index contributed by atoms with van der Waals surface area (Å²) in [4.78, 5) is 0. The highest BCUT2D eigenvalue weighted by Crippen LogP contribution is 2.37. The van der Waals surface area contributed by atoms with E-state index in [1.807, 2.05) is 30.0 Å². The van der Waals surface area contributed by atoms with Crippen molar-refractivity contribution in [3.63, 3.8) is 0 Å². The third kappa shape index (κ3) is 2.73. The third-order valence-corrected chi connectivity index (χ3v) is 3.89. The molecule has 0 aliphatic carbocycles. The average Bonchev–Trinajstić information content (AvgIpc) is 2.27. The molecule has 16 heavy (non-hydrogen) atoms. The molecule has 2 atom stereocenters. The minimum Gasteiger partial charge on any atom is -0.490 e. The zero-order valence-corrected chi connectivity index (χ0v) is 11.6. The van der Waals surface area contributed by atoms with E-state index >= 15 is 0 Å². The van der Waals surface area contributed by atoms with E-state index in [9.17, 15) is 5.11 Å². The van der Waals surface area contributed by atoms with Crippen molar-refractivity contribution in [2.24, 2.45) is 0 Å². The summed E-state index contributed by atoms with van der Waals surface area (Å²) in [6, 6.07) is 5.81. The van der Waals surface area contributed by atoms with E-state index in [-0.39, 0.29) is 6.10 Å². The van der Waals surface area contributed by atoms with Crippen molar-refractivity contribution in [1.29, 1.82) is 0 Å². The molecule has 1 heterocycles. The number of thioether (sulfide) groups is 1. The molecular weight excluding hydrogens is 288 g/mol. The Morgan fingerprint density at radius 3 is 3.12 bits per heavy atom. The largest absolute Gasteiger partial charge is 0.490 e. The predicted octanol–water partition coefficient (Wildman–Crippen LogP) is 3.39. The van der Waals surface area contributed by atoms with Crippen LogP contribution in [0.3, 0.4) is 0 Å². The van der Waals surface area contributed by atoms with Crippen molar-refractivity contribution in [2.75, 3.05) is 12.0 Å². The van der Waals surface area contributed by atoms with Gasteiger partial charge in [0, 0.05) is 16.5 Å². The van der Waals surface area contributed by atoms with E-state index in [4.69, 9.17) is 4.74 Å². The number of rotatable bonds is 3. The minimum atomic E-state index is -0.395. The van der Waals surface area contributed by atoms with Crippen molar-refractivity contribution in [3.05, 3.63) is 28.2 Å². The molecule has 0 bridgehead atoms. The van der Waals surface area contributed by atoms with Crippen molar-refractivity contribution in [2.45, 2.75) is 25.0 Å². The lowest BCUT2D eigenvalue weighted by atomic mass is 9.98. The Balaban J connectivity index is 2.13. The number of ether oxygens (including phenoxy) is 1. The molecule has 1 aromatic carbocycles. The SMILES string of the molecule is CSCCC1C[C@H](O)c2cc(Br)ccc2O1. The smallest absolute Gasteiger partial charge is 0.125 e. The number of aliphatic hydroxyl groups excluding tert-OH is 1. The van der Waals surface area contributed by atoms with Gasteiger partial charge in [0.15, 0.2) is 0 Å². The fourth-order valence-corrected chi connectivity index (χ4v) is 2.79. The number of aliphatic hydroxyl groups is 1. The second-order valence-corrected chi connectivity index (χ2v) is 5.86. The van der Waals surface area contributed by atoms with Gasteiger partial charge in [0.2, 0.25) is 0 Å². The Labute approximate surface area is 109 Å². The normalized spacial score (nSPS) is 23.7. The van der Waals surface area contributed by atoms with Crippen LogP contribution in [0.2, 0.25) is 0 Å². The first-order valence-corrected chi connectivity index (χ1v) is 7.52. The maximum absolute atomic E-state index is 10.0. The zero-order valence-electron chi connectivity index (χ0n) is 9.15. The number of benzene rings is 1. The van der Waals surface area contributed by atoms with Crippen LogP contribution in [0.4, 0.5) is 0 Å². The molecule has 0 aromatic heterocycles. The van der Waals surface area contributed by atoms with Crippen LogP contribution in [0.5, 0.6) is 5.75 Å². The van der Waals surface area contributed by atoms with Crippen LogP contribution >= 0.6 is 27.7 Å². The number of hydrogen-bond acceptors (Lipinski definition) is 3. The summed E-state index contributed by atoms with van der Waals surface area (Å²) in [7, 11) is 0. The van der Waals surface area contributed by atoms with E-state index in [1.54, 1.807) is 0 Å². The first-order valence-electron chi connectivity index (χ1n) is 5.34. The van der Waals surface area contributed by atoms with Gasteiger partial charge in [-0.05, 0) is 36.6 Å². The van der Waals surface area contributed by atoms with Crippen LogP contribution in [0, 0.1) is 0 Å². The summed E-state index contributed by atoms with van der Waals surface area (Å²) in [5.41, 5.74) is 0.898. The Bertz CT molecular complexity index is 370. The van der Waals surface area contributed by atoms with Gasteiger partial charge in [-0.1, -0.05) is 15.9 Å². The van der Waals surface area contributed by atoms with E-state index in [0.717, 1.165) is 28.0 Å².